The van der Waals surface area contributed by atoms with Crippen molar-refractivity contribution in [1.29, 1.82) is 0 Å². The summed E-state index contributed by atoms with van der Waals surface area (Å²) in [6, 6.07) is 13.5. The quantitative estimate of drug-likeness (QED) is 0.850. The monoisotopic (exact) mass is 317 g/mol. The maximum atomic E-state index is 12.1. The Hall–Kier alpha value is -2.33. The minimum atomic E-state index is -0.659. The fraction of sp³-hybridized carbons (Fsp3) is 0.176. The number of benzene rings is 2. The molecule has 2 aromatic rings. The smallest absolute Gasteiger partial charge is 0.265 e. The number of carbonyl (C=O) groups excluding carboxylic acids is 2. The van der Waals surface area contributed by atoms with Crippen molar-refractivity contribution in [1.82, 2.24) is 0 Å². The number of nitrogens with one attached hydrogen (secondary N) is 1. The van der Waals surface area contributed by atoms with Crippen LogP contribution in [0.3, 0.4) is 0 Å². The molecule has 0 spiro atoms. The van der Waals surface area contributed by atoms with E-state index >= 15 is 0 Å². The molecule has 4 nitrogen and oxygen atoms in total. The van der Waals surface area contributed by atoms with Crippen molar-refractivity contribution in [3.8, 4) is 5.75 Å². The second-order valence-corrected chi connectivity index (χ2v) is 5.27. The Morgan fingerprint density at radius 3 is 2.18 bits per heavy atom. The third kappa shape index (κ3) is 4.33. The number of hydrogen-bond acceptors (Lipinski definition) is 3. The van der Waals surface area contributed by atoms with Gasteiger partial charge in [-0.3, -0.25) is 9.59 Å². The lowest BCUT2D eigenvalue weighted by atomic mass is 10.1. The van der Waals surface area contributed by atoms with Gasteiger partial charge in [-0.1, -0.05) is 11.6 Å². The highest BCUT2D eigenvalue weighted by molar-refractivity contribution is 6.30. The van der Waals surface area contributed by atoms with E-state index in [-0.39, 0.29) is 11.7 Å². The van der Waals surface area contributed by atoms with Crippen LogP contribution in [0.4, 0.5) is 5.69 Å². The molecular formula is C17H16ClNO3. The Morgan fingerprint density at radius 2 is 1.64 bits per heavy atom. The molecule has 0 saturated carbocycles. The van der Waals surface area contributed by atoms with Crippen molar-refractivity contribution in [2.45, 2.75) is 20.0 Å². The number of ketones is 1. The van der Waals surface area contributed by atoms with E-state index in [1.165, 1.54) is 6.92 Å². The van der Waals surface area contributed by atoms with Crippen LogP contribution < -0.4 is 10.1 Å². The molecule has 22 heavy (non-hydrogen) atoms. The molecule has 1 N–H and O–H groups in total. The first-order chi connectivity index (χ1) is 10.5. The number of rotatable bonds is 5. The van der Waals surface area contributed by atoms with Crippen molar-refractivity contribution in [2.24, 2.45) is 0 Å². The van der Waals surface area contributed by atoms with Crippen LogP contribution >= 0.6 is 11.6 Å². The molecule has 1 unspecified atom stereocenters. The molecule has 0 aliphatic heterocycles. The van der Waals surface area contributed by atoms with Gasteiger partial charge in [0.1, 0.15) is 5.75 Å². The van der Waals surface area contributed by atoms with E-state index in [0.717, 1.165) is 0 Å². The molecule has 0 bridgehead atoms. The first-order valence-corrected chi connectivity index (χ1v) is 7.17. The third-order valence-electron chi connectivity index (χ3n) is 3.05. The van der Waals surface area contributed by atoms with Crippen LogP contribution in [0.25, 0.3) is 0 Å². The minimum absolute atomic E-state index is 0.0164. The SMILES string of the molecule is CC(=O)c1ccc(NC(=O)C(C)Oc2ccc(Cl)cc2)cc1. The van der Waals surface area contributed by atoms with Crippen LogP contribution in [0.5, 0.6) is 5.75 Å². The van der Waals surface area contributed by atoms with Gasteiger partial charge in [-0.05, 0) is 62.4 Å². The minimum Gasteiger partial charge on any atom is -0.481 e. The Bertz CT molecular complexity index is 665. The van der Waals surface area contributed by atoms with Gasteiger partial charge in [0.25, 0.3) is 5.91 Å². The maximum absolute atomic E-state index is 12.1. The molecule has 1 atom stereocenters. The van der Waals surface area contributed by atoms with Crippen LogP contribution in [0.1, 0.15) is 24.2 Å². The van der Waals surface area contributed by atoms with Crippen molar-refractivity contribution in [3.05, 3.63) is 59.1 Å². The highest BCUT2D eigenvalue weighted by Gasteiger charge is 2.15. The van der Waals surface area contributed by atoms with Gasteiger partial charge in [-0.15, -0.1) is 0 Å². The summed E-state index contributed by atoms with van der Waals surface area (Å²) in [5.74, 6) is 0.279. The molecule has 1 amide bonds. The van der Waals surface area contributed by atoms with Gasteiger partial charge in [0.15, 0.2) is 11.9 Å². The lowest BCUT2D eigenvalue weighted by Gasteiger charge is -2.15. The number of halogens is 1. The summed E-state index contributed by atoms with van der Waals surface area (Å²) in [6.45, 7) is 3.16. The van der Waals surface area contributed by atoms with E-state index in [4.69, 9.17) is 16.3 Å². The highest BCUT2D eigenvalue weighted by atomic mass is 35.5. The zero-order valence-corrected chi connectivity index (χ0v) is 13.1. The van der Waals surface area contributed by atoms with Crippen LogP contribution in [-0.2, 0) is 4.79 Å². The van der Waals surface area contributed by atoms with Crippen LogP contribution in [0.15, 0.2) is 48.5 Å². The normalized spacial score (nSPS) is 11.6. The Kier molecular flexibility index (Phi) is 5.17. The zero-order chi connectivity index (χ0) is 16.1. The largest absolute Gasteiger partial charge is 0.481 e. The van der Waals surface area contributed by atoms with Crippen LogP contribution in [0.2, 0.25) is 5.02 Å². The summed E-state index contributed by atoms with van der Waals surface area (Å²) >= 11 is 5.79. The Balaban J connectivity index is 1.95. The van der Waals surface area contributed by atoms with Crippen LogP contribution in [-0.4, -0.2) is 17.8 Å². The molecule has 0 aromatic heterocycles. The average Bonchev–Trinajstić information content (AvgIpc) is 2.50. The first-order valence-electron chi connectivity index (χ1n) is 6.80. The lowest BCUT2D eigenvalue weighted by Crippen LogP contribution is -2.30. The van der Waals surface area contributed by atoms with Gasteiger partial charge >= 0.3 is 0 Å². The maximum Gasteiger partial charge on any atom is 0.265 e. The fourth-order valence-electron chi connectivity index (χ4n) is 1.80. The van der Waals surface area contributed by atoms with E-state index in [1.54, 1.807) is 55.5 Å². The standard InChI is InChI=1S/C17H16ClNO3/c1-11(20)13-3-7-15(8-4-13)19-17(21)12(2)22-16-9-5-14(18)6-10-16/h3-10,12H,1-2H3,(H,19,21). The molecule has 0 radical (unpaired) electrons. The summed E-state index contributed by atoms with van der Waals surface area (Å²) in [6.07, 6.45) is -0.659. The molecule has 2 rings (SSSR count). The Morgan fingerprint density at radius 1 is 1.05 bits per heavy atom. The van der Waals surface area contributed by atoms with E-state index in [9.17, 15) is 9.59 Å². The molecule has 0 aliphatic rings. The van der Waals surface area contributed by atoms with E-state index in [2.05, 4.69) is 5.32 Å². The number of hydrogen-bond donors (Lipinski definition) is 1. The summed E-state index contributed by atoms with van der Waals surface area (Å²) in [5, 5.41) is 3.34. The van der Waals surface area contributed by atoms with E-state index in [1.807, 2.05) is 0 Å². The summed E-state index contributed by atoms with van der Waals surface area (Å²) in [4.78, 5) is 23.3. The van der Waals surface area contributed by atoms with Gasteiger partial charge < -0.3 is 10.1 Å². The van der Waals surface area contributed by atoms with Gasteiger partial charge in [0.05, 0.1) is 0 Å². The van der Waals surface area contributed by atoms with Gasteiger partial charge in [0, 0.05) is 16.3 Å². The van der Waals surface area contributed by atoms with Crippen LogP contribution in [0, 0.1) is 0 Å². The molecule has 0 saturated heterocycles. The van der Waals surface area contributed by atoms with Crippen molar-refractivity contribution < 1.29 is 14.3 Å². The summed E-state index contributed by atoms with van der Waals surface area (Å²) in [5.41, 5.74) is 1.21. The number of anilines is 1. The van der Waals surface area contributed by atoms with E-state index < -0.39 is 6.10 Å². The molecule has 0 aliphatic carbocycles. The number of ether oxygens (including phenoxy) is 1. The highest BCUT2D eigenvalue weighted by Crippen LogP contribution is 2.17. The lowest BCUT2D eigenvalue weighted by molar-refractivity contribution is -0.122. The molecule has 2 aromatic carbocycles. The molecule has 0 heterocycles. The van der Waals surface area contributed by atoms with Crippen molar-refractivity contribution >= 4 is 29.0 Å². The second kappa shape index (κ2) is 7.09. The predicted molar refractivity (Wildman–Crippen MR) is 86.6 cm³/mol. The third-order valence-corrected chi connectivity index (χ3v) is 3.31. The molecule has 5 heteroatoms. The van der Waals surface area contributed by atoms with Gasteiger partial charge in [-0.25, -0.2) is 0 Å². The number of amides is 1. The van der Waals surface area contributed by atoms with E-state index in [0.29, 0.717) is 22.0 Å². The average molecular weight is 318 g/mol. The molecule has 0 fully saturated rings. The van der Waals surface area contributed by atoms with Crippen molar-refractivity contribution in [3.63, 3.8) is 0 Å². The predicted octanol–water partition coefficient (Wildman–Crippen LogP) is 3.95. The topological polar surface area (TPSA) is 55.4 Å². The second-order valence-electron chi connectivity index (χ2n) is 4.84. The zero-order valence-electron chi connectivity index (χ0n) is 12.3. The number of carbonyl (C=O) groups is 2. The molecular weight excluding hydrogens is 302 g/mol. The summed E-state index contributed by atoms with van der Waals surface area (Å²) < 4.78 is 5.54. The number of Topliss-reactive ketones (excluding diaryl/α,β-unsaturated/α-hetero) is 1. The summed E-state index contributed by atoms with van der Waals surface area (Å²) in [7, 11) is 0. The first kappa shape index (κ1) is 16.0. The van der Waals surface area contributed by atoms with Crippen molar-refractivity contribution in [2.75, 3.05) is 5.32 Å². The fourth-order valence-corrected chi connectivity index (χ4v) is 1.93. The van der Waals surface area contributed by atoms with Gasteiger partial charge in [-0.2, -0.15) is 0 Å². The molecule has 114 valence electrons. The Labute approximate surface area is 134 Å². The van der Waals surface area contributed by atoms with Gasteiger partial charge in [0.2, 0.25) is 0 Å².